The van der Waals surface area contributed by atoms with Crippen molar-refractivity contribution in [1.29, 1.82) is 10.8 Å². The first-order chi connectivity index (χ1) is 19.7. The van der Waals surface area contributed by atoms with Crippen LogP contribution in [0.2, 0.25) is 0 Å². The minimum atomic E-state index is -0.390. The lowest BCUT2D eigenvalue weighted by atomic mass is 9.97. The van der Waals surface area contributed by atoms with Gasteiger partial charge in [-0.25, -0.2) is 4.57 Å². The molecule has 0 spiro atoms. The topological polar surface area (TPSA) is 132 Å². The second kappa shape index (κ2) is 11.7. The summed E-state index contributed by atoms with van der Waals surface area (Å²) in [4.78, 5) is 32.8. The van der Waals surface area contributed by atoms with Crippen molar-refractivity contribution in [2.75, 3.05) is 27.2 Å². The van der Waals surface area contributed by atoms with Crippen molar-refractivity contribution in [1.82, 2.24) is 33.7 Å². The summed E-state index contributed by atoms with van der Waals surface area (Å²) in [5, 5.41) is 21.3. The average molecular weight is 558 g/mol. The SMILES string of the molecule is CCCCCn1c(=N)n(C(C)=N)c(=O)c2[nH]c(-c3cnn(Cc4ccc5c(c4)CCN(C(=O)CN(C)C)C5)c3)cc21. The van der Waals surface area contributed by atoms with Crippen molar-refractivity contribution >= 4 is 22.8 Å². The minimum absolute atomic E-state index is 0.0185. The molecule has 0 radical (unpaired) electrons. The van der Waals surface area contributed by atoms with Crippen LogP contribution in [-0.2, 0) is 30.8 Å². The number of nitrogens with one attached hydrogen (secondary N) is 3. The predicted molar refractivity (Wildman–Crippen MR) is 159 cm³/mol. The number of nitrogens with zero attached hydrogens (tertiary/aromatic N) is 6. The summed E-state index contributed by atoms with van der Waals surface area (Å²) >= 11 is 0. The van der Waals surface area contributed by atoms with Gasteiger partial charge in [-0.2, -0.15) is 5.10 Å². The van der Waals surface area contributed by atoms with Crippen LogP contribution in [0.15, 0.2) is 41.5 Å². The molecule has 0 saturated heterocycles. The van der Waals surface area contributed by atoms with Gasteiger partial charge in [0.15, 0.2) is 0 Å². The van der Waals surface area contributed by atoms with Crippen molar-refractivity contribution in [3.63, 3.8) is 0 Å². The molecule has 1 aliphatic rings. The number of amides is 1. The molecular weight excluding hydrogens is 518 g/mol. The maximum Gasteiger partial charge on any atom is 0.284 e. The fourth-order valence-corrected chi connectivity index (χ4v) is 5.54. The van der Waals surface area contributed by atoms with Crippen LogP contribution in [0.3, 0.4) is 0 Å². The Morgan fingerprint density at radius 3 is 2.71 bits per heavy atom. The summed E-state index contributed by atoms with van der Waals surface area (Å²) in [6, 6.07) is 8.34. The molecule has 0 aliphatic carbocycles. The Labute approximate surface area is 239 Å². The van der Waals surface area contributed by atoms with E-state index < -0.39 is 0 Å². The van der Waals surface area contributed by atoms with Crippen molar-refractivity contribution in [3.05, 3.63) is 69.3 Å². The molecule has 0 fully saturated rings. The van der Waals surface area contributed by atoms with Gasteiger partial charge < -0.3 is 19.4 Å². The number of unbranched alkanes of at least 4 members (excludes halogenated alkanes) is 2. The number of aryl methyl sites for hydroxylation is 1. The molecule has 1 aromatic carbocycles. The summed E-state index contributed by atoms with van der Waals surface area (Å²) in [5.74, 6) is 0.177. The summed E-state index contributed by atoms with van der Waals surface area (Å²) in [6.45, 7) is 6.66. The molecule has 0 saturated carbocycles. The van der Waals surface area contributed by atoms with Gasteiger partial charge in [0.05, 0.1) is 30.5 Å². The summed E-state index contributed by atoms with van der Waals surface area (Å²) < 4.78 is 4.84. The van der Waals surface area contributed by atoms with E-state index in [1.165, 1.54) is 18.1 Å². The van der Waals surface area contributed by atoms with Gasteiger partial charge in [-0.15, -0.1) is 0 Å². The largest absolute Gasteiger partial charge is 0.349 e. The normalized spacial score (nSPS) is 13.2. The first-order valence-corrected chi connectivity index (χ1v) is 14.2. The van der Waals surface area contributed by atoms with Gasteiger partial charge >= 0.3 is 0 Å². The zero-order chi connectivity index (χ0) is 29.3. The van der Waals surface area contributed by atoms with E-state index in [1.54, 1.807) is 6.20 Å². The Bertz CT molecular complexity index is 1720. The number of hydrogen-bond acceptors (Lipinski definition) is 6. The molecule has 3 N–H and O–H groups in total. The molecule has 11 heteroatoms. The van der Waals surface area contributed by atoms with Crippen LogP contribution < -0.4 is 11.2 Å². The number of H-pyrrole nitrogens is 1. The van der Waals surface area contributed by atoms with Gasteiger partial charge in [-0.05, 0) is 56.6 Å². The molecule has 3 aromatic heterocycles. The lowest BCUT2D eigenvalue weighted by Gasteiger charge is -2.30. The van der Waals surface area contributed by atoms with Crippen molar-refractivity contribution < 1.29 is 4.79 Å². The first kappa shape index (κ1) is 28.3. The van der Waals surface area contributed by atoms with Crippen molar-refractivity contribution in [3.8, 4) is 11.3 Å². The van der Waals surface area contributed by atoms with Crippen LogP contribution in [0.4, 0.5) is 0 Å². The highest BCUT2D eigenvalue weighted by Gasteiger charge is 2.21. The number of carbonyl (C=O) groups excluding carboxylic acids is 1. The molecule has 5 rings (SSSR count). The lowest BCUT2D eigenvalue weighted by molar-refractivity contribution is -0.132. The highest BCUT2D eigenvalue weighted by atomic mass is 16.2. The van der Waals surface area contributed by atoms with E-state index in [4.69, 9.17) is 10.8 Å². The summed E-state index contributed by atoms with van der Waals surface area (Å²) in [7, 11) is 3.82. The molecule has 4 aromatic rings. The molecule has 4 heterocycles. The third-order valence-corrected chi connectivity index (χ3v) is 7.67. The zero-order valence-electron chi connectivity index (χ0n) is 24.3. The second-order valence-corrected chi connectivity index (χ2v) is 11.2. The molecule has 11 nitrogen and oxygen atoms in total. The number of benzene rings is 1. The zero-order valence-corrected chi connectivity index (χ0v) is 24.3. The van der Waals surface area contributed by atoms with Gasteiger partial charge in [0.25, 0.3) is 5.56 Å². The smallest absolute Gasteiger partial charge is 0.284 e. The van der Waals surface area contributed by atoms with Crippen molar-refractivity contribution in [2.45, 2.75) is 59.2 Å². The Hall–Kier alpha value is -4.25. The van der Waals surface area contributed by atoms with Crippen LogP contribution in [0, 0.1) is 10.8 Å². The number of rotatable bonds is 9. The van der Waals surface area contributed by atoms with E-state index in [1.807, 2.05) is 45.4 Å². The molecular formula is C30H39N9O2. The van der Waals surface area contributed by atoms with Crippen LogP contribution in [0.1, 0.15) is 49.8 Å². The highest BCUT2D eigenvalue weighted by Crippen LogP contribution is 2.24. The highest BCUT2D eigenvalue weighted by molar-refractivity contribution is 5.85. The Morgan fingerprint density at radius 2 is 1.98 bits per heavy atom. The van der Waals surface area contributed by atoms with E-state index in [0.29, 0.717) is 37.2 Å². The molecule has 0 unspecified atom stereocenters. The maximum absolute atomic E-state index is 13.2. The molecule has 1 amide bonds. The quantitative estimate of drug-likeness (QED) is 0.166. The number of hydrogen-bond donors (Lipinski definition) is 3. The minimum Gasteiger partial charge on any atom is -0.349 e. The first-order valence-electron chi connectivity index (χ1n) is 14.2. The third kappa shape index (κ3) is 5.81. The van der Waals surface area contributed by atoms with E-state index in [9.17, 15) is 9.59 Å². The average Bonchev–Trinajstić information content (AvgIpc) is 3.57. The van der Waals surface area contributed by atoms with Gasteiger partial charge in [0.1, 0.15) is 11.4 Å². The molecule has 0 bridgehead atoms. The van der Waals surface area contributed by atoms with E-state index >= 15 is 0 Å². The number of carbonyl (C=O) groups is 1. The second-order valence-electron chi connectivity index (χ2n) is 11.2. The molecule has 216 valence electrons. The van der Waals surface area contributed by atoms with Gasteiger partial charge in [-0.3, -0.25) is 25.1 Å². The van der Waals surface area contributed by atoms with Crippen LogP contribution >= 0.6 is 0 Å². The Kier molecular flexibility index (Phi) is 8.07. The summed E-state index contributed by atoms with van der Waals surface area (Å²) in [6.07, 6.45) is 7.54. The van der Waals surface area contributed by atoms with Crippen LogP contribution in [-0.4, -0.2) is 72.6 Å². The fourth-order valence-electron chi connectivity index (χ4n) is 5.54. The predicted octanol–water partition coefficient (Wildman–Crippen LogP) is 3.00. The number of aromatic amines is 1. The van der Waals surface area contributed by atoms with E-state index in [0.717, 1.165) is 53.6 Å². The fraction of sp³-hybridized carbons (Fsp3) is 0.433. The summed E-state index contributed by atoms with van der Waals surface area (Å²) in [5.41, 5.74) is 5.89. The van der Waals surface area contributed by atoms with Crippen molar-refractivity contribution in [2.24, 2.45) is 0 Å². The number of likely N-dealkylation sites (N-methyl/N-ethyl adjacent to an activating group) is 1. The Balaban J connectivity index is 1.38. The molecule has 41 heavy (non-hydrogen) atoms. The van der Waals surface area contributed by atoms with Gasteiger partial charge in [0.2, 0.25) is 11.5 Å². The molecule has 0 atom stereocenters. The van der Waals surface area contributed by atoms with Crippen LogP contribution in [0.25, 0.3) is 22.3 Å². The van der Waals surface area contributed by atoms with E-state index in [2.05, 4.69) is 35.2 Å². The number of fused-ring (bicyclic) bond motifs is 2. The van der Waals surface area contributed by atoms with Crippen LogP contribution in [0.5, 0.6) is 0 Å². The number of aromatic nitrogens is 5. The monoisotopic (exact) mass is 557 g/mol. The maximum atomic E-state index is 13.2. The third-order valence-electron chi connectivity index (χ3n) is 7.67. The van der Waals surface area contributed by atoms with E-state index in [-0.39, 0.29) is 22.9 Å². The lowest BCUT2D eigenvalue weighted by Crippen LogP contribution is -2.43. The standard InChI is InChI=1S/C30H39N9O2/c1-5-6-7-11-38-26-14-25(34-28(26)29(41)39(20(2)31)30(38)32)24-15-33-37(18-24)16-21-8-9-23-17-36(12-10-22(23)13-21)27(40)19-35(3)4/h8-9,13-15,18,31-32,34H,5-7,10-12,16-17,19H2,1-4H3. The van der Waals surface area contributed by atoms with Gasteiger partial charge in [0, 0.05) is 31.4 Å². The molecule has 1 aliphatic heterocycles. The van der Waals surface area contributed by atoms with Gasteiger partial charge in [-0.1, -0.05) is 38.0 Å². The Morgan fingerprint density at radius 1 is 1.17 bits per heavy atom.